The van der Waals surface area contributed by atoms with Gasteiger partial charge < -0.3 is 15.2 Å². The van der Waals surface area contributed by atoms with E-state index in [1.807, 2.05) is 30.1 Å². The minimum Gasteiger partial charge on any atom is -0.345 e. The van der Waals surface area contributed by atoms with Gasteiger partial charge in [-0.05, 0) is 42.9 Å². The fourth-order valence-corrected chi connectivity index (χ4v) is 1.80. The maximum absolute atomic E-state index is 12.7. The third kappa shape index (κ3) is 3.93. The van der Waals surface area contributed by atoms with E-state index in [0.717, 1.165) is 12.1 Å². The van der Waals surface area contributed by atoms with Gasteiger partial charge in [-0.3, -0.25) is 4.79 Å². The Labute approximate surface area is 111 Å². The number of hydrogen-bond acceptors (Lipinski definition) is 2. The molecule has 2 aromatic rings. The molecule has 0 saturated heterocycles. The summed E-state index contributed by atoms with van der Waals surface area (Å²) < 4.78 is 14.5. The van der Waals surface area contributed by atoms with Gasteiger partial charge in [0.15, 0.2) is 0 Å². The van der Waals surface area contributed by atoms with Gasteiger partial charge in [-0.25, -0.2) is 4.39 Å². The number of amides is 1. The number of hydrogen-bond donors (Lipinski definition) is 2. The minimum absolute atomic E-state index is 0.141. The van der Waals surface area contributed by atoms with E-state index < -0.39 is 0 Å². The van der Waals surface area contributed by atoms with Gasteiger partial charge in [0.2, 0.25) is 5.91 Å². The standard InChI is InChI=1S/C14H16FN3O/c1-16-8-11-6-7-18(9-11)10-14(19)17-13-4-2-12(15)3-5-13/h2-7,9,16H,8,10H2,1H3,(H,17,19). The number of halogens is 1. The molecule has 0 bridgehead atoms. The number of carbonyl (C=O) groups excluding carboxylic acids is 1. The zero-order valence-electron chi connectivity index (χ0n) is 10.7. The largest absolute Gasteiger partial charge is 0.345 e. The van der Waals surface area contributed by atoms with Crippen molar-refractivity contribution in [2.45, 2.75) is 13.1 Å². The van der Waals surface area contributed by atoms with Gasteiger partial charge in [0.1, 0.15) is 12.4 Å². The molecular weight excluding hydrogens is 245 g/mol. The van der Waals surface area contributed by atoms with E-state index in [2.05, 4.69) is 10.6 Å². The topological polar surface area (TPSA) is 46.1 Å². The zero-order chi connectivity index (χ0) is 13.7. The Bertz CT molecular complexity index is 548. The normalized spacial score (nSPS) is 10.4. The molecule has 0 unspecified atom stereocenters. The molecule has 5 heteroatoms. The molecule has 1 aromatic heterocycles. The summed E-state index contributed by atoms with van der Waals surface area (Å²) in [5.74, 6) is -0.460. The van der Waals surface area contributed by atoms with Gasteiger partial charge in [0.25, 0.3) is 0 Å². The Balaban J connectivity index is 1.91. The highest BCUT2D eigenvalue weighted by molar-refractivity contribution is 5.90. The fraction of sp³-hybridized carbons (Fsp3) is 0.214. The lowest BCUT2D eigenvalue weighted by Crippen LogP contribution is -2.17. The lowest BCUT2D eigenvalue weighted by atomic mass is 10.3. The molecule has 2 rings (SSSR count). The number of anilines is 1. The molecule has 4 nitrogen and oxygen atoms in total. The average Bonchev–Trinajstić information content (AvgIpc) is 2.80. The molecule has 0 atom stereocenters. The number of nitrogens with zero attached hydrogens (tertiary/aromatic N) is 1. The lowest BCUT2D eigenvalue weighted by molar-refractivity contribution is -0.116. The van der Waals surface area contributed by atoms with E-state index in [-0.39, 0.29) is 18.3 Å². The molecule has 100 valence electrons. The molecule has 0 spiro atoms. The van der Waals surface area contributed by atoms with Crippen molar-refractivity contribution in [3.63, 3.8) is 0 Å². The number of nitrogens with one attached hydrogen (secondary N) is 2. The second-order valence-electron chi connectivity index (χ2n) is 4.28. The van der Waals surface area contributed by atoms with Crippen LogP contribution in [0.25, 0.3) is 0 Å². The van der Waals surface area contributed by atoms with Crippen LogP contribution >= 0.6 is 0 Å². The smallest absolute Gasteiger partial charge is 0.244 e. The third-order valence-electron chi connectivity index (χ3n) is 2.65. The van der Waals surface area contributed by atoms with Crippen molar-refractivity contribution in [2.24, 2.45) is 0 Å². The number of carbonyl (C=O) groups is 1. The molecule has 0 aliphatic heterocycles. The summed E-state index contributed by atoms with van der Waals surface area (Å²) in [5, 5.41) is 5.76. The van der Waals surface area contributed by atoms with Crippen molar-refractivity contribution in [1.29, 1.82) is 0 Å². The van der Waals surface area contributed by atoms with Gasteiger partial charge in [-0.15, -0.1) is 0 Å². The molecule has 0 fully saturated rings. The lowest BCUT2D eigenvalue weighted by Gasteiger charge is -2.06. The first-order chi connectivity index (χ1) is 9.17. The Morgan fingerprint density at radius 3 is 2.68 bits per heavy atom. The Morgan fingerprint density at radius 1 is 1.26 bits per heavy atom. The maximum Gasteiger partial charge on any atom is 0.244 e. The summed E-state index contributed by atoms with van der Waals surface area (Å²) in [7, 11) is 1.87. The van der Waals surface area contributed by atoms with Crippen LogP contribution in [0.15, 0.2) is 42.7 Å². The van der Waals surface area contributed by atoms with Crippen LogP contribution in [0.2, 0.25) is 0 Å². The highest BCUT2D eigenvalue weighted by Gasteiger charge is 2.04. The molecule has 2 N–H and O–H groups in total. The van der Waals surface area contributed by atoms with Gasteiger partial charge in [-0.2, -0.15) is 0 Å². The van der Waals surface area contributed by atoms with E-state index in [1.54, 1.807) is 0 Å². The van der Waals surface area contributed by atoms with E-state index in [9.17, 15) is 9.18 Å². The number of rotatable bonds is 5. The molecular formula is C14H16FN3O. The van der Waals surface area contributed by atoms with Crippen LogP contribution in [0, 0.1) is 5.82 Å². The second kappa shape index (κ2) is 6.15. The summed E-state index contributed by atoms with van der Waals surface area (Å²) in [4.78, 5) is 11.8. The molecule has 0 aliphatic carbocycles. The average molecular weight is 261 g/mol. The zero-order valence-corrected chi connectivity index (χ0v) is 10.7. The molecule has 1 heterocycles. The highest BCUT2D eigenvalue weighted by atomic mass is 19.1. The monoisotopic (exact) mass is 261 g/mol. The predicted molar refractivity (Wildman–Crippen MR) is 72.2 cm³/mol. The molecule has 0 saturated carbocycles. The predicted octanol–water partition coefficient (Wildman–Crippen LogP) is 1.99. The molecule has 0 aliphatic rings. The van der Waals surface area contributed by atoms with Crippen LogP contribution in [0.1, 0.15) is 5.56 Å². The minimum atomic E-state index is -0.319. The Kier molecular flexibility index (Phi) is 4.30. The van der Waals surface area contributed by atoms with Crippen LogP contribution in [-0.2, 0) is 17.9 Å². The summed E-state index contributed by atoms with van der Waals surface area (Å²) >= 11 is 0. The molecule has 19 heavy (non-hydrogen) atoms. The Hall–Kier alpha value is -2.14. The van der Waals surface area contributed by atoms with Crippen molar-refractivity contribution >= 4 is 11.6 Å². The van der Waals surface area contributed by atoms with E-state index >= 15 is 0 Å². The quantitative estimate of drug-likeness (QED) is 0.864. The maximum atomic E-state index is 12.7. The van der Waals surface area contributed by atoms with Gasteiger partial charge >= 0.3 is 0 Å². The summed E-state index contributed by atoms with van der Waals surface area (Å²) in [6, 6.07) is 7.67. The first-order valence-corrected chi connectivity index (χ1v) is 6.02. The SMILES string of the molecule is CNCc1ccn(CC(=O)Nc2ccc(F)cc2)c1. The van der Waals surface area contributed by atoms with Crippen LogP contribution in [-0.4, -0.2) is 17.5 Å². The number of benzene rings is 1. The summed E-state index contributed by atoms with van der Waals surface area (Å²) in [5.41, 5.74) is 1.71. The van der Waals surface area contributed by atoms with Gasteiger partial charge in [0.05, 0.1) is 0 Å². The van der Waals surface area contributed by atoms with Gasteiger partial charge in [-0.1, -0.05) is 0 Å². The van der Waals surface area contributed by atoms with E-state index in [4.69, 9.17) is 0 Å². The highest BCUT2D eigenvalue weighted by Crippen LogP contribution is 2.08. The fourth-order valence-electron chi connectivity index (χ4n) is 1.80. The first kappa shape index (κ1) is 13.3. The van der Waals surface area contributed by atoms with Crippen LogP contribution in [0.4, 0.5) is 10.1 Å². The van der Waals surface area contributed by atoms with Gasteiger partial charge in [0, 0.05) is 24.6 Å². The molecule has 0 radical (unpaired) electrons. The number of aromatic nitrogens is 1. The summed E-state index contributed by atoms with van der Waals surface area (Å²) in [6.45, 7) is 1.01. The van der Waals surface area contributed by atoms with Crippen molar-refractivity contribution < 1.29 is 9.18 Å². The van der Waals surface area contributed by atoms with Crippen molar-refractivity contribution in [3.8, 4) is 0 Å². The third-order valence-corrected chi connectivity index (χ3v) is 2.65. The van der Waals surface area contributed by atoms with E-state index in [1.165, 1.54) is 24.3 Å². The van der Waals surface area contributed by atoms with Crippen LogP contribution < -0.4 is 10.6 Å². The van der Waals surface area contributed by atoms with Crippen molar-refractivity contribution in [2.75, 3.05) is 12.4 Å². The molecule has 1 aromatic carbocycles. The second-order valence-corrected chi connectivity index (χ2v) is 4.28. The summed E-state index contributed by atoms with van der Waals surface area (Å²) in [6.07, 6.45) is 3.78. The first-order valence-electron chi connectivity index (χ1n) is 6.02. The van der Waals surface area contributed by atoms with Crippen molar-refractivity contribution in [1.82, 2.24) is 9.88 Å². The van der Waals surface area contributed by atoms with Crippen molar-refractivity contribution in [3.05, 3.63) is 54.1 Å². The van der Waals surface area contributed by atoms with Crippen LogP contribution in [0.5, 0.6) is 0 Å². The van der Waals surface area contributed by atoms with E-state index in [0.29, 0.717) is 5.69 Å². The van der Waals surface area contributed by atoms with Crippen LogP contribution in [0.3, 0.4) is 0 Å². The molecule has 1 amide bonds. The Morgan fingerprint density at radius 2 is 2.00 bits per heavy atom.